The van der Waals surface area contributed by atoms with E-state index in [-0.39, 0.29) is 12.3 Å². The molecule has 0 aliphatic carbocycles. The Morgan fingerprint density at radius 1 is 1.22 bits per heavy atom. The summed E-state index contributed by atoms with van der Waals surface area (Å²) in [7, 11) is 0. The van der Waals surface area contributed by atoms with Crippen molar-refractivity contribution >= 4 is 11.6 Å². The van der Waals surface area contributed by atoms with Crippen molar-refractivity contribution in [3.8, 4) is 0 Å². The highest BCUT2D eigenvalue weighted by Crippen LogP contribution is 2.29. The first kappa shape index (κ1) is 14.2. The predicted molar refractivity (Wildman–Crippen MR) is 62.1 cm³/mol. The third-order valence-electron chi connectivity index (χ3n) is 2.05. The Hall–Kier alpha value is -1.85. The van der Waals surface area contributed by atoms with E-state index in [4.69, 9.17) is 0 Å². The summed E-state index contributed by atoms with van der Waals surface area (Å²) in [6.45, 7) is 3.44. The van der Waals surface area contributed by atoms with Crippen LogP contribution in [0, 0.1) is 0 Å². The van der Waals surface area contributed by atoms with Crippen molar-refractivity contribution in [3.63, 3.8) is 0 Å². The molecular weight excluding hydrogens is 245 g/mol. The molecule has 1 N–H and O–H groups in total. The van der Waals surface area contributed by atoms with Gasteiger partial charge in [-0.2, -0.15) is 18.3 Å². The zero-order valence-electron chi connectivity index (χ0n) is 10.0. The standard InChI is InChI=1S/C12H13F3N2O/c1-8(2)16-17-11(18)7-9-3-5-10(6-4-9)12(13,14)15/h3-6H,7H2,1-2H3,(H,17,18). The molecule has 1 aromatic rings. The second kappa shape index (κ2) is 5.66. The predicted octanol–water partition coefficient (Wildman–Crippen LogP) is 2.76. The number of carbonyl (C=O) groups excluding carboxylic acids is 1. The number of carbonyl (C=O) groups is 1. The molecule has 98 valence electrons. The number of hydrogen-bond acceptors (Lipinski definition) is 2. The first-order valence-electron chi connectivity index (χ1n) is 5.25. The lowest BCUT2D eigenvalue weighted by Crippen LogP contribution is -2.20. The van der Waals surface area contributed by atoms with Crippen LogP contribution in [0.25, 0.3) is 0 Å². The minimum Gasteiger partial charge on any atom is -0.273 e. The Bertz CT molecular complexity index is 445. The van der Waals surface area contributed by atoms with Crippen LogP contribution in [0.2, 0.25) is 0 Å². The number of rotatable bonds is 3. The van der Waals surface area contributed by atoms with Gasteiger partial charge in [0.2, 0.25) is 5.91 Å². The molecule has 0 atom stereocenters. The van der Waals surface area contributed by atoms with Crippen molar-refractivity contribution in [2.75, 3.05) is 0 Å². The smallest absolute Gasteiger partial charge is 0.273 e. The van der Waals surface area contributed by atoms with E-state index in [1.165, 1.54) is 12.1 Å². The SMILES string of the molecule is CC(C)=NNC(=O)Cc1ccc(C(F)(F)F)cc1. The van der Waals surface area contributed by atoms with Gasteiger partial charge in [-0.15, -0.1) is 0 Å². The van der Waals surface area contributed by atoms with Crippen LogP contribution in [0.3, 0.4) is 0 Å². The molecule has 0 spiro atoms. The van der Waals surface area contributed by atoms with Crippen molar-refractivity contribution in [2.24, 2.45) is 5.10 Å². The van der Waals surface area contributed by atoms with E-state index in [1.54, 1.807) is 13.8 Å². The molecule has 0 saturated carbocycles. The van der Waals surface area contributed by atoms with Gasteiger partial charge in [-0.05, 0) is 31.5 Å². The first-order chi connectivity index (χ1) is 8.29. The molecule has 0 unspecified atom stereocenters. The summed E-state index contributed by atoms with van der Waals surface area (Å²) < 4.78 is 36.9. The fourth-order valence-electron chi connectivity index (χ4n) is 1.21. The van der Waals surface area contributed by atoms with Crippen molar-refractivity contribution in [1.29, 1.82) is 0 Å². The minimum atomic E-state index is -4.36. The van der Waals surface area contributed by atoms with E-state index in [0.29, 0.717) is 11.3 Å². The van der Waals surface area contributed by atoms with E-state index in [2.05, 4.69) is 10.5 Å². The lowest BCUT2D eigenvalue weighted by Gasteiger charge is -2.07. The minimum absolute atomic E-state index is 0.00504. The highest BCUT2D eigenvalue weighted by atomic mass is 19.4. The molecule has 3 nitrogen and oxygen atoms in total. The van der Waals surface area contributed by atoms with Gasteiger partial charge in [0.1, 0.15) is 0 Å². The first-order valence-corrected chi connectivity index (χ1v) is 5.25. The quantitative estimate of drug-likeness (QED) is 0.657. The van der Waals surface area contributed by atoms with Gasteiger partial charge in [0, 0.05) is 5.71 Å². The maximum Gasteiger partial charge on any atom is 0.416 e. The molecule has 0 heterocycles. The Labute approximate surface area is 103 Å². The van der Waals surface area contributed by atoms with Gasteiger partial charge in [-0.3, -0.25) is 4.79 Å². The second-order valence-corrected chi connectivity index (χ2v) is 3.97. The van der Waals surface area contributed by atoms with E-state index in [0.717, 1.165) is 12.1 Å². The maximum atomic E-state index is 12.3. The molecule has 0 fully saturated rings. The molecule has 0 aromatic heterocycles. The third-order valence-corrected chi connectivity index (χ3v) is 2.05. The van der Waals surface area contributed by atoms with E-state index >= 15 is 0 Å². The number of halogens is 3. The van der Waals surface area contributed by atoms with Crippen molar-refractivity contribution in [1.82, 2.24) is 5.43 Å². The van der Waals surface area contributed by atoms with Gasteiger partial charge in [0.05, 0.1) is 12.0 Å². The number of amides is 1. The summed E-state index contributed by atoms with van der Waals surface area (Å²) >= 11 is 0. The number of alkyl halides is 3. The molecule has 18 heavy (non-hydrogen) atoms. The van der Waals surface area contributed by atoms with Crippen LogP contribution in [0.15, 0.2) is 29.4 Å². The zero-order chi connectivity index (χ0) is 13.8. The van der Waals surface area contributed by atoms with Gasteiger partial charge in [-0.25, -0.2) is 5.43 Å². The molecule has 0 aliphatic rings. The lowest BCUT2D eigenvalue weighted by molar-refractivity contribution is -0.137. The van der Waals surface area contributed by atoms with Crippen molar-refractivity contribution in [3.05, 3.63) is 35.4 Å². The Balaban J connectivity index is 2.64. The van der Waals surface area contributed by atoms with Gasteiger partial charge in [0.15, 0.2) is 0 Å². The summed E-state index contributed by atoms with van der Waals surface area (Å²) in [5, 5.41) is 3.71. The molecule has 0 bridgehead atoms. The average Bonchev–Trinajstić information content (AvgIpc) is 2.26. The van der Waals surface area contributed by atoms with Crippen LogP contribution >= 0.6 is 0 Å². The fourth-order valence-corrected chi connectivity index (χ4v) is 1.21. The average molecular weight is 258 g/mol. The molecule has 6 heteroatoms. The molecule has 1 amide bonds. The van der Waals surface area contributed by atoms with Gasteiger partial charge < -0.3 is 0 Å². The fraction of sp³-hybridized carbons (Fsp3) is 0.333. The molecule has 1 aromatic carbocycles. The second-order valence-electron chi connectivity index (χ2n) is 3.97. The van der Waals surface area contributed by atoms with Crippen LogP contribution in [-0.4, -0.2) is 11.6 Å². The lowest BCUT2D eigenvalue weighted by atomic mass is 10.1. The van der Waals surface area contributed by atoms with Gasteiger partial charge in [0.25, 0.3) is 0 Å². The summed E-state index contributed by atoms with van der Waals surface area (Å²) in [6, 6.07) is 4.48. The zero-order valence-corrected chi connectivity index (χ0v) is 10.0. The summed E-state index contributed by atoms with van der Waals surface area (Å²) in [4.78, 5) is 11.4. The van der Waals surface area contributed by atoms with Crippen LogP contribution in [0.1, 0.15) is 25.0 Å². The summed E-state index contributed by atoms with van der Waals surface area (Å²) in [5.41, 5.74) is 2.77. The molecule has 0 aliphatic heterocycles. The number of hydrogen-bond donors (Lipinski definition) is 1. The normalized spacial score (nSPS) is 10.9. The Morgan fingerprint density at radius 3 is 2.22 bits per heavy atom. The number of hydrazone groups is 1. The molecular formula is C12H13F3N2O. The van der Waals surface area contributed by atoms with Crippen LogP contribution in [0.4, 0.5) is 13.2 Å². The number of nitrogens with zero attached hydrogens (tertiary/aromatic N) is 1. The maximum absolute atomic E-state index is 12.3. The van der Waals surface area contributed by atoms with E-state index < -0.39 is 11.7 Å². The molecule has 1 rings (SSSR count). The van der Waals surface area contributed by atoms with Crippen LogP contribution in [0.5, 0.6) is 0 Å². The van der Waals surface area contributed by atoms with Gasteiger partial charge in [-0.1, -0.05) is 12.1 Å². The van der Waals surface area contributed by atoms with Crippen molar-refractivity contribution < 1.29 is 18.0 Å². The topological polar surface area (TPSA) is 41.5 Å². The highest BCUT2D eigenvalue weighted by molar-refractivity contribution is 5.83. The van der Waals surface area contributed by atoms with Crippen molar-refractivity contribution in [2.45, 2.75) is 26.4 Å². The number of nitrogens with one attached hydrogen (secondary N) is 1. The van der Waals surface area contributed by atoms with Gasteiger partial charge >= 0.3 is 6.18 Å². The van der Waals surface area contributed by atoms with Crippen LogP contribution < -0.4 is 5.43 Å². The summed E-state index contributed by atoms with van der Waals surface area (Å²) in [5.74, 6) is -0.365. The Kier molecular flexibility index (Phi) is 4.47. The number of benzene rings is 1. The Morgan fingerprint density at radius 2 is 1.78 bits per heavy atom. The van der Waals surface area contributed by atoms with E-state index in [9.17, 15) is 18.0 Å². The third kappa shape index (κ3) is 4.57. The van der Waals surface area contributed by atoms with Crippen LogP contribution in [-0.2, 0) is 17.4 Å². The molecule has 0 saturated heterocycles. The highest BCUT2D eigenvalue weighted by Gasteiger charge is 2.29. The largest absolute Gasteiger partial charge is 0.416 e. The molecule has 0 radical (unpaired) electrons. The monoisotopic (exact) mass is 258 g/mol. The van der Waals surface area contributed by atoms with E-state index in [1.807, 2.05) is 0 Å². The summed E-state index contributed by atoms with van der Waals surface area (Å²) in [6.07, 6.45) is -4.36.